The molecule has 9 nitrogen and oxygen atoms in total. The number of nitrogens with one attached hydrogen (secondary N) is 3. The van der Waals surface area contributed by atoms with Crippen LogP contribution in [0.15, 0.2) is 42.6 Å². The lowest BCUT2D eigenvalue weighted by Gasteiger charge is -2.41. The van der Waals surface area contributed by atoms with Crippen molar-refractivity contribution in [1.29, 1.82) is 0 Å². The van der Waals surface area contributed by atoms with Gasteiger partial charge in [0.05, 0.1) is 25.8 Å². The maximum Gasteiger partial charge on any atom is 0.264 e. The van der Waals surface area contributed by atoms with Gasteiger partial charge in [-0.3, -0.25) is 19.8 Å². The Hall–Kier alpha value is -2.67. The van der Waals surface area contributed by atoms with Gasteiger partial charge < -0.3 is 20.6 Å². The second kappa shape index (κ2) is 11.4. The number of benzene rings is 1. The van der Waals surface area contributed by atoms with Crippen LogP contribution in [0, 0.1) is 0 Å². The summed E-state index contributed by atoms with van der Waals surface area (Å²) in [6, 6.07) is 12.0. The summed E-state index contributed by atoms with van der Waals surface area (Å²) in [6.45, 7) is 3.85. The number of likely N-dealkylation sites (N-methyl/N-ethyl adjacent to an activating group) is 1. The van der Waals surface area contributed by atoms with Gasteiger partial charge in [-0.05, 0) is 62.7 Å². The Morgan fingerprint density at radius 2 is 1.97 bits per heavy atom. The van der Waals surface area contributed by atoms with Crippen LogP contribution in [0.25, 0.3) is 10.4 Å². The van der Waals surface area contributed by atoms with Gasteiger partial charge in [0.1, 0.15) is 6.23 Å². The van der Waals surface area contributed by atoms with Crippen LogP contribution in [0.2, 0.25) is 0 Å². The standard InChI is InChI=1S/C28H34N6O3S2/c1-33-12-10-21(33)26(36)30-13-17-4-6-18(7-5-17)23-14-31-27(39-23)19-15-34(16-19)28(37)22-8-9-24(38-22)32-25(35)20-3-2-11-29-20/h4-9,14,19-21,26,29-30,36H,2-3,10-13,15-16H2,1H3,(H,32,35)/t20-,21?,26?/m0/s1. The number of thiophene rings is 1. The minimum atomic E-state index is -0.511. The van der Waals surface area contributed by atoms with E-state index in [1.165, 1.54) is 11.3 Å². The smallest absolute Gasteiger partial charge is 0.264 e. The molecule has 3 aliphatic rings. The molecular weight excluding hydrogens is 532 g/mol. The maximum absolute atomic E-state index is 13.0. The first-order valence-corrected chi connectivity index (χ1v) is 15.2. The van der Waals surface area contributed by atoms with Crippen molar-refractivity contribution in [1.82, 2.24) is 25.4 Å². The fraction of sp³-hybridized carbons (Fsp3) is 0.464. The Bertz CT molecular complexity index is 1310. The molecule has 2 amide bonds. The normalized spacial score (nSPS) is 22.4. The number of carbonyl (C=O) groups is 2. The van der Waals surface area contributed by atoms with Gasteiger partial charge in [-0.2, -0.15) is 0 Å². The van der Waals surface area contributed by atoms with Gasteiger partial charge in [0.2, 0.25) is 5.91 Å². The van der Waals surface area contributed by atoms with Crippen molar-refractivity contribution in [3.05, 3.63) is 58.0 Å². The zero-order valence-electron chi connectivity index (χ0n) is 21.9. The van der Waals surface area contributed by atoms with Crippen molar-refractivity contribution in [3.8, 4) is 10.4 Å². The first-order chi connectivity index (χ1) is 18.9. The summed E-state index contributed by atoms with van der Waals surface area (Å²) < 4.78 is 0. The molecule has 2 unspecified atom stereocenters. The molecule has 0 radical (unpaired) electrons. The van der Waals surface area contributed by atoms with Gasteiger partial charge in [-0.1, -0.05) is 24.3 Å². The number of thiazole rings is 1. The topological polar surface area (TPSA) is 110 Å². The molecule has 3 saturated heterocycles. The number of nitrogens with zero attached hydrogens (tertiary/aromatic N) is 3. The molecule has 3 atom stereocenters. The molecule has 6 rings (SSSR count). The van der Waals surface area contributed by atoms with Gasteiger partial charge in [0.15, 0.2) is 0 Å². The van der Waals surface area contributed by atoms with Crippen LogP contribution in [-0.4, -0.2) is 83.2 Å². The lowest BCUT2D eigenvalue weighted by atomic mass is 10.0. The van der Waals surface area contributed by atoms with E-state index in [4.69, 9.17) is 0 Å². The SMILES string of the molecule is CN1CCC1C(O)NCc1ccc(-c2cnc(C3CN(C(=O)c4ccc(NC(=O)[C@@H]5CCCN5)s4)C3)s2)cc1. The highest BCUT2D eigenvalue weighted by molar-refractivity contribution is 7.18. The fourth-order valence-corrected chi connectivity index (χ4v) is 7.17. The molecule has 3 aromatic rings. The average Bonchev–Trinajstić information content (AvgIpc) is 3.68. The molecule has 206 valence electrons. The van der Waals surface area contributed by atoms with Crippen molar-refractivity contribution >= 4 is 39.5 Å². The second-order valence-electron chi connectivity index (χ2n) is 10.6. The van der Waals surface area contributed by atoms with Crippen LogP contribution in [0.3, 0.4) is 0 Å². The molecule has 5 heterocycles. The Morgan fingerprint density at radius 3 is 2.67 bits per heavy atom. The average molecular weight is 567 g/mol. The van der Waals surface area contributed by atoms with Crippen LogP contribution in [-0.2, 0) is 11.3 Å². The summed E-state index contributed by atoms with van der Waals surface area (Å²) >= 11 is 3.01. The van der Waals surface area contributed by atoms with Crippen molar-refractivity contribution in [3.63, 3.8) is 0 Å². The van der Waals surface area contributed by atoms with Crippen molar-refractivity contribution in [2.75, 3.05) is 38.5 Å². The predicted octanol–water partition coefficient (Wildman–Crippen LogP) is 2.91. The van der Waals surface area contributed by atoms with Gasteiger partial charge in [-0.15, -0.1) is 22.7 Å². The van der Waals surface area contributed by atoms with Crippen molar-refractivity contribution < 1.29 is 14.7 Å². The molecule has 3 fully saturated rings. The predicted molar refractivity (Wildman–Crippen MR) is 154 cm³/mol. The lowest BCUT2D eigenvalue weighted by molar-refractivity contribution is -0.117. The number of hydrogen-bond donors (Lipinski definition) is 4. The molecule has 0 saturated carbocycles. The summed E-state index contributed by atoms with van der Waals surface area (Å²) in [4.78, 5) is 35.7. The van der Waals surface area contributed by atoms with E-state index in [9.17, 15) is 14.7 Å². The molecule has 0 aliphatic carbocycles. The molecular formula is C28H34N6O3S2. The van der Waals surface area contributed by atoms with E-state index in [-0.39, 0.29) is 29.8 Å². The Morgan fingerprint density at radius 1 is 1.15 bits per heavy atom. The molecule has 39 heavy (non-hydrogen) atoms. The van der Waals surface area contributed by atoms with Crippen LogP contribution < -0.4 is 16.0 Å². The monoisotopic (exact) mass is 566 g/mol. The van der Waals surface area contributed by atoms with E-state index >= 15 is 0 Å². The lowest BCUT2D eigenvalue weighted by Crippen LogP contribution is -2.56. The Kier molecular flexibility index (Phi) is 7.79. The molecule has 2 aromatic heterocycles. The van der Waals surface area contributed by atoms with Gasteiger partial charge in [0, 0.05) is 37.8 Å². The van der Waals surface area contributed by atoms with Crippen molar-refractivity contribution in [2.45, 2.75) is 50.0 Å². The molecule has 11 heteroatoms. The molecule has 4 N–H and O–H groups in total. The summed E-state index contributed by atoms with van der Waals surface area (Å²) in [5.74, 6) is 0.222. The minimum Gasteiger partial charge on any atom is -0.377 e. The minimum absolute atomic E-state index is 0.00536. The second-order valence-corrected chi connectivity index (χ2v) is 12.8. The quantitative estimate of drug-likeness (QED) is 0.295. The van der Waals surface area contributed by atoms with E-state index in [0.29, 0.717) is 29.5 Å². The summed E-state index contributed by atoms with van der Waals surface area (Å²) in [5, 5.41) is 21.4. The summed E-state index contributed by atoms with van der Waals surface area (Å²) in [7, 11) is 2.04. The van der Waals surface area contributed by atoms with Crippen LogP contribution >= 0.6 is 22.7 Å². The van der Waals surface area contributed by atoms with Gasteiger partial charge in [0.25, 0.3) is 5.91 Å². The first-order valence-electron chi connectivity index (χ1n) is 13.5. The highest BCUT2D eigenvalue weighted by atomic mass is 32.1. The van der Waals surface area contributed by atoms with Crippen molar-refractivity contribution in [2.24, 2.45) is 0 Å². The number of aliphatic hydroxyl groups is 1. The van der Waals surface area contributed by atoms with E-state index in [0.717, 1.165) is 53.4 Å². The van der Waals surface area contributed by atoms with Crippen LogP contribution in [0.4, 0.5) is 5.00 Å². The number of amides is 2. The number of aromatic nitrogens is 1. The number of rotatable bonds is 9. The van der Waals surface area contributed by atoms with E-state index in [2.05, 4.69) is 50.1 Å². The molecule has 0 spiro atoms. The number of anilines is 1. The van der Waals surface area contributed by atoms with E-state index < -0.39 is 6.23 Å². The Balaban J connectivity index is 0.983. The molecule has 3 aliphatic heterocycles. The Labute approximate surface area is 236 Å². The van der Waals surface area contributed by atoms with Crippen LogP contribution in [0.1, 0.15) is 45.4 Å². The maximum atomic E-state index is 13.0. The summed E-state index contributed by atoms with van der Waals surface area (Å²) in [5.41, 5.74) is 2.25. The fourth-order valence-electron chi connectivity index (χ4n) is 5.28. The number of aliphatic hydroxyl groups excluding tert-OH is 1. The van der Waals surface area contributed by atoms with E-state index in [1.54, 1.807) is 17.4 Å². The molecule has 1 aromatic carbocycles. The highest BCUT2D eigenvalue weighted by Gasteiger charge is 2.35. The number of likely N-dealkylation sites (tertiary alicyclic amines) is 2. The third kappa shape index (κ3) is 5.79. The number of hydrogen-bond acceptors (Lipinski definition) is 9. The van der Waals surface area contributed by atoms with Gasteiger partial charge >= 0.3 is 0 Å². The zero-order chi connectivity index (χ0) is 26.9. The molecule has 0 bridgehead atoms. The van der Waals surface area contributed by atoms with E-state index in [1.807, 2.05) is 24.2 Å². The highest BCUT2D eigenvalue weighted by Crippen LogP contribution is 2.36. The number of carbonyl (C=O) groups excluding carboxylic acids is 2. The third-order valence-corrected chi connectivity index (χ3v) is 10.1. The summed E-state index contributed by atoms with van der Waals surface area (Å²) in [6.07, 6.45) is 4.29. The largest absolute Gasteiger partial charge is 0.377 e. The third-order valence-electron chi connectivity index (χ3n) is 7.94. The zero-order valence-corrected chi connectivity index (χ0v) is 23.6. The van der Waals surface area contributed by atoms with Gasteiger partial charge in [-0.25, -0.2) is 4.98 Å². The van der Waals surface area contributed by atoms with Crippen LogP contribution in [0.5, 0.6) is 0 Å². The first kappa shape index (κ1) is 26.5.